The number of nitrogens with zero attached hydrogens (tertiary/aromatic N) is 1. The van der Waals surface area contributed by atoms with Crippen molar-refractivity contribution in [2.75, 3.05) is 0 Å². The SMILES string of the molecule is Cc1ccccc1C(=O)NC1C[C@H]2CCC[C@@H](C1)N2C(=O)NC1CCCCC1. The lowest BCUT2D eigenvalue weighted by Gasteiger charge is -2.49. The molecule has 2 heterocycles. The average molecular weight is 384 g/mol. The van der Waals surface area contributed by atoms with E-state index in [1.165, 1.54) is 25.7 Å². The number of amides is 3. The van der Waals surface area contributed by atoms with Gasteiger partial charge in [-0.15, -0.1) is 0 Å². The van der Waals surface area contributed by atoms with Crippen LogP contribution >= 0.6 is 0 Å². The molecular formula is C23H33N3O2. The molecule has 1 aliphatic carbocycles. The number of urea groups is 1. The Labute approximate surface area is 168 Å². The third-order valence-electron chi connectivity index (χ3n) is 6.87. The summed E-state index contributed by atoms with van der Waals surface area (Å²) in [4.78, 5) is 27.8. The van der Waals surface area contributed by atoms with E-state index in [2.05, 4.69) is 15.5 Å². The molecule has 2 aliphatic heterocycles. The van der Waals surface area contributed by atoms with E-state index in [1.54, 1.807) is 0 Å². The Morgan fingerprint density at radius 3 is 2.21 bits per heavy atom. The van der Waals surface area contributed by atoms with E-state index >= 15 is 0 Å². The van der Waals surface area contributed by atoms with Crippen molar-refractivity contribution in [1.82, 2.24) is 15.5 Å². The Morgan fingerprint density at radius 2 is 1.54 bits per heavy atom. The van der Waals surface area contributed by atoms with Gasteiger partial charge in [0.05, 0.1) is 0 Å². The van der Waals surface area contributed by atoms with Crippen LogP contribution in [-0.4, -0.2) is 41.0 Å². The first-order valence-corrected chi connectivity index (χ1v) is 11.1. The summed E-state index contributed by atoms with van der Waals surface area (Å²) in [6.07, 6.45) is 11.0. The zero-order valence-corrected chi connectivity index (χ0v) is 17.0. The molecule has 3 aliphatic rings. The highest BCUT2D eigenvalue weighted by Gasteiger charge is 2.41. The Balaban J connectivity index is 1.38. The Kier molecular flexibility index (Phi) is 5.88. The Bertz CT molecular complexity index is 700. The molecular weight excluding hydrogens is 350 g/mol. The van der Waals surface area contributed by atoms with Gasteiger partial charge in [0, 0.05) is 29.7 Å². The van der Waals surface area contributed by atoms with Gasteiger partial charge in [-0.25, -0.2) is 4.79 Å². The van der Waals surface area contributed by atoms with Gasteiger partial charge in [0.25, 0.3) is 5.91 Å². The quantitative estimate of drug-likeness (QED) is 0.823. The van der Waals surface area contributed by atoms with Crippen LogP contribution in [0.5, 0.6) is 0 Å². The lowest BCUT2D eigenvalue weighted by molar-refractivity contribution is 0.0506. The van der Waals surface area contributed by atoms with Crippen LogP contribution < -0.4 is 10.6 Å². The first-order chi connectivity index (χ1) is 13.6. The molecule has 5 heteroatoms. The van der Waals surface area contributed by atoms with Crippen LogP contribution in [0.2, 0.25) is 0 Å². The second-order valence-corrected chi connectivity index (χ2v) is 8.89. The standard InChI is InChI=1S/C23H33N3O2/c1-16-8-5-6-13-21(16)22(27)24-18-14-19-11-7-12-20(15-18)26(19)23(28)25-17-9-3-2-4-10-17/h5-6,8,13,17-20H,2-4,7,9-12,14-15H2,1H3,(H,24,27)(H,25,28)/t18?,19-,20+. The lowest BCUT2D eigenvalue weighted by Crippen LogP contribution is -2.61. The largest absolute Gasteiger partial charge is 0.349 e. The summed E-state index contributed by atoms with van der Waals surface area (Å²) in [5, 5.41) is 6.55. The molecule has 5 nitrogen and oxygen atoms in total. The number of hydrogen-bond donors (Lipinski definition) is 2. The van der Waals surface area contributed by atoms with Crippen molar-refractivity contribution >= 4 is 11.9 Å². The smallest absolute Gasteiger partial charge is 0.318 e. The summed E-state index contributed by atoms with van der Waals surface area (Å²) < 4.78 is 0. The zero-order chi connectivity index (χ0) is 19.5. The molecule has 1 aromatic rings. The van der Waals surface area contributed by atoms with E-state index in [0.717, 1.165) is 49.7 Å². The molecule has 2 N–H and O–H groups in total. The number of fused-ring (bicyclic) bond motifs is 2. The molecule has 4 rings (SSSR count). The number of carbonyl (C=O) groups excluding carboxylic acids is 2. The molecule has 3 amide bonds. The van der Waals surface area contributed by atoms with Crippen molar-refractivity contribution < 1.29 is 9.59 Å². The van der Waals surface area contributed by atoms with Crippen molar-refractivity contribution in [3.05, 3.63) is 35.4 Å². The molecule has 2 bridgehead atoms. The molecule has 1 saturated carbocycles. The van der Waals surface area contributed by atoms with Crippen molar-refractivity contribution in [3.8, 4) is 0 Å². The van der Waals surface area contributed by atoms with Crippen LogP contribution in [0.1, 0.15) is 80.1 Å². The van der Waals surface area contributed by atoms with Gasteiger partial charge in [0.2, 0.25) is 0 Å². The van der Waals surface area contributed by atoms with Gasteiger partial charge in [0.15, 0.2) is 0 Å². The maximum absolute atomic E-state index is 13.0. The highest BCUT2D eigenvalue weighted by Crippen LogP contribution is 2.34. The predicted octanol–water partition coefficient (Wildman–Crippen LogP) is 4.15. The number of piperidine rings is 2. The zero-order valence-electron chi connectivity index (χ0n) is 17.0. The topological polar surface area (TPSA) is 61.4 Å². The minimum absolute atomic E-state index is 0.0151. The van der Waals surface area contributed by atoms with E-state index in [4.69, 9.17) is 0 Å². The van der Waals surface area contributed by atoms with Gasteiger partial charge < -0.3 is 15.5 Å². The first kappa shape index (κ1) is 19.3. The molecule has 28 heavy (non-hydrogen) atoms. The van der Waals surface area contributed by atoms with Gasteiger partial charge in [-0.1, -0.05) is 37.5 Å². The molecule has 0 aromatic heterocycles. The number of benzene rings is 1. The predicted molar refractivity (Wildman–Crippen MR) is 110 cm³/mol. The molecule has 1 aromatic carbocycles. The summed E-state index contributed by atoms with van der Waals surface area (Å²) in [7, 11) is 0. The molecule has 3 atom stereocenters. The van der Waals surface area contributed by atoms with E-state index in [0.29, 0.717) is 6.04 Å². The summed E-state index contributed by atoms with van der Waals surface area (Å²) in [5.41, 5.74) is 1.76. The maximum atomic E-state index is 13.0. The summed E-state index contributed by atoms with van der Waals surface area (Å²) in [6, 6.07) is 8.86. The number of hydrogen-bond acceptors (Lipinski definition) is 2. The fourth-order valence-electron chi connectivity index (χ4n) is 5.42. The molecule has 1 unspecified atom stereocenters. The van der Waals surface area contributed by atoms with E-state index in [9.17, 15) is 9.59 Å². The molecule has 0 radical (unpaired) electrons. The summed E-state index contributed by atoms with van der Waals surface area (Å²) in [5.74, 6) is 0.0151. The average Bonchev–Trinajstić information content (AvgIpc) is 2.68. The second-order valence-electron chi connectivity index (χ2n) is 8.89. The van der Waals surface area contributed by atoms with Crippen molar-refractivity contribution in [2.45, 2.75) is 95.3 Å². The summed E-state index contributed by atoms with van der Waals surface area (Å²) >= 11 is 0. The Morgan fingerprint density at radius 1 is 0.857 bits per heavy atom. The lowest BCUT2D eigenvalue weighted by atomic mass is 9.81. The van der Waals surface area contributed by atoms with E-state index in [-0.39, 0.29) is 30.1 Å². The van der Waals surface area contributed by atoms with Gasteiger partial charge >= 0.3 is 6.03 Å². The van der Waals surface area contributed by atoms with Crippen LogP contribution in [-0.2, 0) is 0 Å². The van der Waals surface area contributed by atoms with E-state index in [1.807, 2.05) is 31.2 Å². The molecule has 0 spiro atoms. The second kappa shape index (κ2) is 8.54. The maximum Gasteiger partial charge on any atom is 0.318 e. The minimum atomic E-state index is 0.0151. The van der Waals surface area contributed by atoms with Gasteiger partial charge in [-0.2, -0.15) is 0 Å². The fourth-order valence-corrected chi connectivity index (χ4v) is 5.42. The first-order valence-electron chi connectivity index (χ1n) is 11.1. The van der Waals surface area contributed by atoms with Crippen LogP contribution in [0.4, 0.5) is 4.79 Å². The highest BCUT2D eigenvalue weighted by atomic mass is 16.2. The summed E-state index contributed by atoms with van der Waals surface area (Å²) in [6.45, 7) is 1.97. The number of aryl methyl sites for hydroxylation is 1. The third kappa shape index (κ3) is 4.18. The number of rotatable bonds is 3. The molecule has 152 valence electrons. The van der Waals surface area contributed by atoms with Crippen LogP contribution in [0.15, 0.2) is 24.3 Å². The normalized spacial score (nSPS) is 27.9. The van der Waals surface area contributed by atoms with E-state index < -0.39 is 0 Å². The van der Waals surface area contributed by atoms with Gasteiger partial charge in [0.1, 0.15) is 0 Å². The number of nitrogens with one attached hydrogen (secondary N) is 2. The highest BCUT2D eigenvalue weighted by molar-refractivity contribution is 5.95. The fraction of sp³-hybridized carbons (Fsp3) is 0.652. The monoisotopic (exact) mass is 383 g/mol. The van der Waals surface area contributed by atoms with Crippen LogP contribution in [0.3, 0.4) is 0 Å². The van der Waals surface area contributed by atoms with Crippen LogP contribution in [0.25, 0.3) is 0 Å². The molecule has 3 fully saturated rings. The number of carbonyl (C=O) groups is 2. The Hall–Kier alpha value is -2.04. The minimum Gasteiger partial charge on any atom is -0.349 e. The third-order valence-corrected chi connectivity index (χ3v) is 6.87. The van der Waals surface area contributed by atoms with Crippen LogP contribution in [0, 0.1) is 6.92 Å². The molecule has 2 saturated heterocycles. The van der Waals surface area contributed by atoms with Gasteiger partial charge in [-0.05, 0) is 63.5 Å². The van der Waals surface area contributed by atoms with Crippen molar-refractivity contribution in [3.63, 3.8) is 0 Å². The van der Waals surface area contributed by atoms with Crippen molar-refractivity contribution in [1.29, 1.82) is 0 Å². The van der Waals surface area contributed by atoms with Gasteiger partial charge in [-0.3, -0.25) is 4.79 Å². The van der Waals surface area contributed by atoms with Crippen molar-refractivity contribution in [2.24, 2.45) is 0 Å².